The van der Waals surface area contributed by atoms with E-state index in [1.807, 2.05) is 20.8 Å². The first-order chi connectivity index (χ1) is 14.6. The summed E-state index contributed by atoms with van der Waals surface area (Å²) >= 11 is 0. The molecule has 1 fully saturated rings. The molecule has 2 aromatic rings. The van der Waals surface area contributed by atoms with E-state index in [2.05, 4.69) is 19.9 Å². The van der Waals surface area contributed by atoms with E-state index in [1.54, 1.807) is 0 Å². The zero-order chi connectivity index (χ0) is 22.8. The third kappa shape index (κ3) is 5.70. The highest BCUT2D eigenvalue weighted by Crippen LogP contribution is 2.25. The van der Waals surface area contributed by atoms with Gasteiger partial charge >= 0.3 is 6.01 Å². The van der Waals surface area contributed by atoms with E-state index in [0.29, 0.717) is 24.3 Å². The molecule has 0 N–H and O–H groups in total. The lowest BCUT2D eigenvalue weighted by Gasteiger charge is -2.37. The Kier molecular flexibility index (Phi) is 7.15. The molecular formula is C20H28F2N4O4S. The van der Waals surface area contributed by atoms with Gasteiger partial charge in [-0.2, -0.15) is 4.98 Å². The van der Waals surface area contributed by atoms with Crippen LogP contribution in [-0.4, -0.2) is 68.5 Å². The lowest BCUT2D eigenvalue weighted by Crippen LogP contribution is -2.50. The molecule has 0 bridgehead atoms. The molecular weight excluding hydrogens is 430 g/mol. The molecule has 1 atom stereocenters. The molecule has 0 amide bonds. The molecule has 8 nitrogen and oxygen atoms in total. The predicted octanol–water partition coefficient (Wildman–Crippen LogP) is 2.85. The van der Waals surface area contributed by atoms with Crippen molar-refractivity contribution in [1.29, 1.82) is 0 Å². The average Bonchev–Trinajstić information content (AvgIpc) is 3.20. The Morgan fingerprint density at radius 2 is 1.81 bits per heavy atom. The van der Waals surface area contributed by atoms with Crippen LogP contribution in [0.3, 0.4) is 0 Å². The van der Waals surface area contributed by atoms with Crippen molar-refractivity contribution >= 4 is 15.9 Å². The van der Waals surface area contributed by atoms with Gasteiger partial charge in [0, 0.05) is 50.5 Å². The summed E-state index contributed by atoms with van der Waals surface area (Å²) in [4.78, 5) is 8.09. The van der Waals surface area contributed by atoms with Crippen molar-refractivity contribution in [1.82, 2.24) is 15.0 Å². The Balaban J connectivity index is 1.48. The fourth-order valence-electron chi connectivity index (χ4n) is 3.37. The van der Waals surface area contributed by atoms with Crippen LogP contribution in [0.4, 0.5) is 14.8 Å². The fourth-order valence-corrected chi connectivity index (χ4v) is 4.10. The number of rotatable bonds is 8. The lowest BCUT2D eigenvalue weighted by atomic mass is 10.2. The number of hydrogen-bond acceptors (Lipinski definition) is 8. The number of sulfone groups is 1. The second-order valence-corrected chi connectivity index (χ2v) is 10.1. The lowest BCUT2D eigenvalue weighted by molar-refractivity contribution is 0.162. The maximum absolute atomic E-state index is 14.1. The number of piperazine rings is 1. The number of hydrogen-bond donors (Lipinski definition) is 0. The minimum atomic E-state index is -3.85. The van der Waals surface area contributed by atoms with Gasteiger partial charge in [0.1, 0.15) is 10.7 Å². The van der Waals surface area contributed by atoms with Gasteiger partial charge in [0.15, 0.2) is 27.2 Å². The summed E-state index contributed by atoms with van der Waals surface area (Å²) in [7, 11) is -3.85. The third-order valence-electron chi connectivity index (χ3n) is 5.33. The van der Waals surface area contributed by atoms with Crippen LogP contribution in [0.15, 0.2) is 21.6 Å². The van der Waals surface area contributed by atoms with Crippen LogP contribution in [0.1, 0.15) is 38.9 Å². The van der Waals surface area contributed by atoms with Gasteiger partial charge in [-0.25, -0.2) is 17.2 Å². The van der Waals surface area contributed by atoms with Crippen molar-refractivity contribution in [2.24, 2.45) is 0 Å². The van der Waals surface area contributed by atoms with Crippen LogP contribution >= 0.6 is 0 Å². The number of ether oxygens (including phenoxy) is 1. The number of benzene rings is 1. The van der Waals surface area contributed by atoms with E-state index in [4.69, 9.17) is 9.26 Å². The van der Waals surface area contributed by atoms with Crippen molar-refractivity contribution in [3.63, 3.8) is 0 Å². The summed E-state index contributed by atoms with van der Waals surface area (Å²) in [5.41, 5.74) is 0. The molecule has 172 valence electrons. The summed E-state index contributed by atoms with van der Waals surface area (Å²) in [5, 5.41) is 4.00. The molecule has 1 aromatic heterocycles. The van der Waals surface area contributed by atoms with Crippen LogP contribution in [0, 0.1) is 11.6 Å². The number of halogens is 2. The maximum Gasteiger partial charge on any atom is 0.324 e. The van der Waals surface area contributed by atoms with Crippen molar-refractivity contribution in [3.8, 4) is 5.75 Å². The average molecular weight is 459 g/mol. The largest absolute Gasteiger partial charge is 0.490 e. The summed E-state index contributed by atoms with van der Waals surface area (Å²) in [6.45, 7) is 9.34. The molecule has 0 radical (unpaired) electrons. The molecule has 1 saturated heterocycles. The molecule has 3 rings (SSSR count). The van der Waals surface area contributed by atoms with Crippen molar-refractivity contribution in [2.75, 3.05) is 43.9 Å². The van der Waals surface area contributed by atoms with Gasteiger partial charge in [-0.1, -0.05) is 19.0 Å². The van der Waals surface area contributed by atoms with E-state index >= 15 is 0 Å². The van der Waals surface area contributed by atoms with E-state index in [1.165, 1.54) is 0 Å². The molecule has 1 aliphatic rings. The zero-order valence-electron chi connectivity index (χ0n) is 18.1. The van der Waals surface area contributed by atoms with Gasteiger partial charge < -0.3 is 14.2 Å². The Hall–Kier alpha value is -2.27. The third-order valence-corrected chi connectivity index (χ3v) is 6.45. The number of nitrogens with zero attached hydrogens (tertiary/aromatic N) is 4. The molecule has 1 aliphatic heterocycles. The van der Waals surface area contributed by atoms with Gasteiger partial charge in [-0.15, -0.1) is 0 Å². The minimum absolute atomic E-state index is 0.166. The second-order valence-electron chi connectivity index (χ2n) is 8.08. The maximum atomic E-state index is 14.1. The number of anilines is 1. The van der Waals surface area contributed by atoms with Gasteiger partial charge in [0.25, 0.3) is 0 Å². The van der Waals surface area contributed by atoms with E-state index < -0.39 is 26.4 Å². The van der Waals surface area contributed by atoms with E-state index in [-0.39, 0.29) is 24.3 Å². The molecule has 1 unspecified atom stereocenters. The first-order valence-corrected chi connectivity index (χ1v) is 12.1. The van der Waals surface area contributed by atoms with Crippen molar-refractivity contribution < 1.29 is 26.5 Å². The predicted molar refractivity (Wildman–Crippen MR) is 111 cm³/mol. The normalized spacial score (nSPS) is 16.7. The van der Waals surface area contributed by atoms with Crippen LogP contribution in [0.2, 0.25) is 0 Å². The first-order valence-electron chi connectivity index (χ1n) is 10.2. The van der Waals surface area contributed by atoms with Crippen LogP contribution in [-0.2, 0) is 9.84 Å². The van der Waals surface area contributed by atoms with Gasteiger partial charge in [-0.05, 0) is 19.4 Å². The van der Waals surface area contributed by atoms with E-state index in [9.17, 15) is 17.2 Å². The first kappa shape index (κ1) is 23.4. The van der Waals surface area contributed by atoms with Gasteiger partial charge in [-0.3, -0.25) is 4.90 Å². The van der Waals surface area contributed by atoms with E-state index in [0.717, 1.165) is 38.5 Å². The zero-order valence-corrected chi connectivity index (χ0v) is 19.0. The fraction of sp³-hybridized carbons (Fsp3) is 0.600. The van der Waals surface area contributed by atoms with Gasteiger partial charge in [0.2, 0.25) is 0 Å². The van der Waals surface area contributed by atoms with Crippen molar-refractivity contribution in [3.05, 3.63) is 29.6 Å². The summed E-state index contributed by atoms with van der Waals surface area (Å²) in [5.74, 6) is -1.32. The minimum Gasteiger partial charge on any atom is -0.490 e. The topological polar surface area (TPSA) is 88.8 Å². The monoisotopic (exact) mass is 458 g/mol. The summed E-state index contributed by atoms with van der Waals surface area (Å²) in [6.07, 6.45) is 1.43. The molecule has 0 saturated carbocycles. The molecule has 11 heteroatoms. The smallest absolute Gasteiger partial charge is 0.324 e. The Labute approximate surface area is 181 Å². The molecule has 31 heavy (non-hydrogen) atoms. The molecule has 2 heterocycles. The quantitative estimate of drug-likeness (QED) is 0.597. The van der Waals surface area contributed by atoms with Crippen LogP contribution in [0.5, 0.6) is 5.75 Å². The van der Waals surface area contributed by atoms with Crippen molar-refractivity contribution in [2.45, 2.75) is 44.0 Å². The standard InChI is InChI=1S/C20H28F2N4O4S/c1-13(2)19-23-20(30-24-19)26-8-6-25(7-9-26)14(3)5-10-29-17-11-16(22)18(12-15(17)21)31(4,27)28/h11-14H,5-10H2,1-4H3. The number of aromatic nitrogens is 2. The highest BCUT2D eigenvalue weighted by Gasteiger charge is 2.25. The molecule has 1 aromatic carbocycles. The Morgan fingerprint density at radius 1 is 1.13 bits per heavy atom. The molecule has 0 aliphatic carbocycles. The summed E-state index contributed by atoms with van der Waals surface area (Å²) in [6, 6.07) is 2.14. The van der Waals surface area contributed by atoms with Gasteiger partial charge in [0.05, 0.1) is 6.61 Å². The van der Waals surface area contributed by atoms with Crippen LogP contribution in [0.25, 0.3) is 0 Å². The second kappa shape index (κ2) is 9.47. The highest BCUT2D eigenvalue weighted by molar-refractivity contribution is 7.90. The Morgan fingerprint density at radius 3 is 2.39 bits per heavy atom. The SMILES string of the molecule is CC(C)c1noc(N2CCN(C(C)CCOc3cc(F)c(S(C)(=O)=O)cc3F)CC2)n1. The highest BCUT2D eigenvalue weighted by atomic mass is 32.2. The van der Waals surface area contributed by atoms with Crippen LogP contribution < -0.4 is 9.64 Å². The summed E-state index contributed by atoms with van der Waals surface area (Å²) < 4.78 is 61.7. The molecule has 0 spiro atoms. The Bertz CT molecular complexity index is 1000.